The molecule has 0 aliphatic rings. The van der Waals surface area contributed by atoms with Crippen LogP contribution in [0.15, 0.2) is 66.7 Å². The molecule has 9 nitrogen and oxygen atoms in total. The van der Waals surface area contributed by atoms with Crippen LogP contribution in [0.5, 0.6) is 51.7 Å². The summed E-state index contributed by atoms with van der Waals surface area (Å²) in [4.78, 5) is 0. The lowest BCUT2D eigenvalue weighted by Crippen LogP contribution is -2.05. The first-order valence-corrected chi connectivity index (χ1v) is 13.6. The van der Waals surface area contributed by atoms with E-state index >= 15 is 0 Å². The highest BCUT2D eigenvalue weighted by atomic mass is 16.5. The van der Waals surface area contributed by atoms with Gasteiger partial charge in [-0.1, -0.05) is 18.2 Å². The lowest BCUT2D eigenvalue weighted by atomic mass is 10.1. The Morgan fingerprint density at radius 1 is 0.419 bits per heavy atom. The van der Waals surface area contributed by atoms with Crippen molar-refractivity contribution in [2.24, 2.45) is 0 Å². The molecule has 0 unspecified atom stereocenters. The standard InChI is InChI=1S/C34H38O9/c1-22-11-12-23(15-30(22)37-4)19-41-28-9-8-10-29(42-20-24-13-26(35-2)18-27(14-24)36-3)34(28)43-21-25-16-31(38-5)33(40-7)32(17-25)39-6/h8-18H,19-21H2,1-7H3. The summed E-state index contributed by atoms with van der Waals surface area (Å²) in [5.41, 5.74) is 3.67. The highest BCUT2D eigenvalue weighted by molar-refractivity contribution is 5.55. The molecule has 4 rings (SSSR count). The summed E-state index contributed by atoms with van der Waals surface area (Å²) in [7, 11) is 9.59. The van der Waals surface area contributed by atoms with Gasteiger partial charge in [-0.15, -0.1) is 0 Å². The van der Waals surface area contributed by atoms with Crippen LogP contribution in [0.2, 0.25) is 0 Å². The summed E-state index contributed by atoms with van der Waals surface area (Å²) in [6.45, 7) is 2.72. The van der Waals surface area contributed by atoms with Crippen LogP contribution in [0, 0.1) is 6.92 Å². The number of hydrogen-bond donors (Lipinski definition) is 0. The van der Waals surface area contributed by atoms with E-state index in [4.69, 9.17) is 42.6 Å². The molecule has 0 radical (unpaired) electrons. The quantitative estimate of drug-likeness (QED) is 0.149. The molecule has 0 spiro atoms. The van der Waals surface area contributed by atoms with Crippen LogP contribution in [0.1, 0.15) is 22.3 Å². The summed E-state index contributed by atoms with van der Waals surface area (Å²) in [5.74, 6) is 5.18. The van der Waals surface area contributed by atoms with Gasteiger partial charge in [-0.25, -0.2) is 0 Å². The third-order valence-corrected chi connectivity index (χ3v) is 6.72. The molecule has 0 saturated heterocycles. The van der Waals surface area contributed by atoms with Crippen LogP contribution < -0.4 is 42.6 Å². The molecular weight excluding hydrogens is 552 g/mol. The minimum Gasteiger partial charge on any atom is -0.497 e. The summed E-state index contributed by atoms with van der Waals surface area (Å²) < 4.78 is 51.7. The highest BCUT2D eigenvalue weighted by Crippen LogP contribution is 2.41. The molecule has 4 aromatic rings. The Kier molecular flexibility index (Phi) is 10.7. The summed E-state index contributed by atoms with van der Waals surface area (Å²) in [6, 6.07) is 20.8. The molecule has 0 aromatic heterocycles. The number of aryl methyl sites for hydroxylation is 1. The molecule has 0 N–H and O–H groups in total. The second kappa shape index (κ2) is 14.8. The molecule has 0 fully saturated rings. The van der Waals surface area contributed by atoms with Gasteiger partial charge in [0.2, 0.25) is 11.5 Å². The molecule has 0 aliphatic heterocycles. The summed E-state index contributed by atoms with van der Waals surface area (Å²) in [5, 5.41) is 0. The van der Waals surface area contributed by atoms with Gasteiger partial charge in [0.1, 0.15) is 37.1 Å². The third kappa shape index (κ3) is 7.68. The van der Waals surface area contributed by atoms with E-state index in [-0.39, 0.29) is 13.2 Å². The van der Waals surface area contributed by atoms with Gasteiger partial charge in [-0.2, -0.15) is 0 Å². The summed E-state index contributed by atoms with van der Waals surface area (Å²) >= 11 is 0. The zero-order chi connectivity index (χ0) is 30.8. The van der Waals surface area contributed by atoms with Gasteiger partial charge in [-0.05, 0) is 71.6 Å². The molecular formula is C34H38O9. The Balaban J connectivity index is 1.64. The fourth-order valence-electron chi connectivity index (χ4n) is 4.47. The topological polar surface area (TPSA) is 83.1 Å². The Hall–Kier alpha value is -4.92. The lowest BCUT2D eigenvalue weighted by molar-refractivity contribution is 0.229. The van der Waals surface area contributed by atoms with Crippen molar-refractivity contribution in [2.75, 3.05) is 42.7 Å². The van der Waals surface area contributed by atoms with Crippen molar-refractivity contribution in [3.05, 3.63) is 89.0 Å². The Bertz CT molecular complexity index is 1470. The van der Waals surface area contributed by atoms with Crippen LogP contribution in [-0.4, -0.2) is 42.7 Å². The van der Waals surface area contributed by atoms with Gasteiger partial charge in [0.25, 0.3) is 0 Å². The Morgan fingerprint density at radius 3 is 1.47 bits per heavy atom. The van der Waals surface area contributed by atoms with Gasteiger partial charge >= 0.3 is 0 Å². The number of ether oxygens (including phenoxy) is 9. The second-order valence-electron chi connectivity index (χ2n) is 9.51. The first kappa shape index (κ1) is 31.0. The van der Waals surface area contributed by atoms with E-state index in [0.29, 0.717) is 52.6 Å². The van der Waals surface area contributed by atoms with Crippen molar-refractivity contribution in [2.45, 2.75) is 26.7 Å². The molecule has 228 valence electrons. The molecule has 0 atom stereocenters. The molecule has 0 saturated carbocycles. The monoisotopic (exact) mass is 590 g/mol. The second-order valence-corrected chi connectivity index (χ2v) is 9.51. The number of para-hydroxylation sites is 1. The minimum atomic E-state index is 0.179. The zero-order valence-corrected chi connectivity index (χ0v) is 25.6. The Morgan fingerprint density at radius 2 is 0.930 bits per heavy atom. The van der Waals surface area contributed by atoms with Gasteiger partial charge in [0, 0.05) is 6.07 Å². The van der Waals surface area contributed by atoms with Gasteiger partial charge in [0.05, 0.1) is 42.7 Å². The molecule has 0 bridgehead atoms. The molecule has 4 aromatic carbocycles. The summed E-state index contributed by atoms with van der Waals surface area (Å²) in [6.07, 6.45) is 0. The fraction of sp³-hybridized carbons (Fsp3) is 0.294. The average molecular weight is 591 g/mol. The largest absolute Gasteiger partial charge is 0.497 e. The van der Waals surface area contributed by atoms with Crippen molar-refractivity contribution in [3.63, 3.8) is 0 Å². The average Bonchev–Trinajstić information content (AvgIpc) is 3.05. The van der Waals surface area contributed by atoms with E-state index in [9.17, 15) is 0 Å². The lowest BCUT2D eigenvalue weighted by Gasteiger charge is -2.19. The predicted molar refractivity (Wildman–Crippen MR) is 163 cm³/mol. The number of benzene rings is 4. The van der Waals surface area contributed by atoms with E-state index in [1.165, 1.54) is 0 Å². The fourth-order valence-corrected chi connectivity index (χ4v) is 4.47. The van der Waals surface area contributed by atoms with Gasteiger partial charge < -0.3 is 42.6 Å². The zero-order valence-electron chi connectivity index (χ0n) is 25.6. The van der Waals surface area contributed by atoms with E-state index in [2.05, 4.69) is 0 Å². The van der Waals surface area contributed by atoms with E-state index in [0.717, 1.165) is 28.0 Å². The van der Waals surface area contributed by atoms with Gasteiger partial charge in [-0.3, -0.25) is 0 Å². The van der Waals surface area contributed by atoms with Gasteiger partial charge in [0.15, 0.2) is 23.0 Å². The maximum Gasteiger partial charge on any atom is 0.203 e. The third-order valence-electron chi connectivity index (χ3n) is 6.72. The predicted octanol–water partition coefficient (Wildman–Crippen LogP) is 6.78. The number of methoxy groups -OCH3 is 6. The smallest absolute Gasteiger partial charge is 0.203 e. The van der Waals surface area contributed by atoms with Crippen LogP contribution in [0.3, 0.4) is 0 Å². The highest BCUT2D eigenvalue weighted by Gasteiger charge is 2.17. The van der Waals surface area contributed by atoms with Crippen molar-refractivity contribution in [1.82, 2.24) is 0 Å². The first-order chi connectivity index (χ1) is 20.9. The van der Waals surface area contributed by atoms with E-state index in [1.54, 1.807) is 42.7 Å². The van der Waals surface area contributed by atoms with Crippen LogP contribution in [0.25, 0.3) is 0 Å². The van der Waals surface area contributed by atoms with Crippen LogP contribution in [-0.2, 0) is 19.8 Å². The molecule has 0 amide bonds. The van der Waals surface area contributed by atoms with Crippen molar-refractivity contribution < 1.29 is 42.6 Å². The first-order valence-electron chi connectivity index (χ1n) is 13.6. The SMILES string of the molecule is COc1cc(COc2cccc(OCc3ccc(C)c(OC)c3)c2OCc2cc(OC)c(OC)c(OC)c2)cc(OC)c1. The normalized spacial score (nSPS) is 10.5. The molecule has 0 heterocycles. The maximum atomic E-state index is 6.38. The van der Waals surface area contributed by atoms with E-state index < -0.39 is 0 Å². The minimum absolute atomic E-state index is 0.179. The molecule has 9 heteroatoms. The Labute approximate surface area is 252 Å². The van der Waals surface area contributed by atoms with E-state index in [1.807, 2.05) is 73.7 Å². The van der Waals surface area contributed by atoms with Crippen LogP contribution >= 0.6 is 0 Å². The molecule has 43 heavy (non-hydrogen) atoms. The van der Waals surface area contributed by atoms with Crippen molar-refractivity contribution in [1.29, 1.82) is 0 Å². The number of rotatable bonds is 15. The molecule has 0 aliphatic carbocycles. The van der Waals surface area contributed by atoms with Crippen LogP contribution in [0.4, 0.5) is 0 Å². The van der Waals surface area contributed by atoms with Crippen molar-refractivity contribution >= 4 is 0 Å². The number of hydrogen-bond acceptors (Lipinski definition) is 9. The maximum absolute atomic E-state index is 6.38. The van der Waals surface area contributed by atoms with Crippen molar-refractivity contribution in [3.8, 4) is 51.7 Å².